The molecule has 2 N–H and O–H groups in total. The number of anilines is 1. The van der Waals surface area contributed by atoms with Crippen molar-refractivity contribution in [1.29, 1.82) is 0 Å². The van der Waals surface area contributed by atoms with Crippen molar-refractivity contribution < 1.29 is 14.4 Å². The lowest BCUT2D eigenvalue weighted by Gasteiger charge is -2.02. The number of nitro benzene ring substituents is 2. The maximum Gasteiger partial charge on any atom is 0.302 e. The molecule has 9 nitrogen and oxygen atoms in total. The standard InChI is InChI=1S/C9H11N5O4/c1-12(2)6-10-11-8-4-3-7(13(15)16)5-9(8)14(17)18/h3-6,11H,1-2H3/p+1. The van der Waals surface area contributed by atoms with Crippen LogP contribution in [0.25, 0.3) is 0 Å². The van der Waals surface area contributed by atoms with E-state index in [9.17, 15) is 20.2 Å². The van der Waals surface area contributed by atoms with E-state index < -0.39 is 9.85 Å². The summed E-state index contributed by atoms with van der Waals surface area (Å²) in [5, 5.41) is 21.3. The molecule has 18 heavy (non-hydrogen) atoms. The summed E-state index contributed by atoms with van der Waals surface area (Å²) in [5.41, 5.74) is 4.64. The summed E-state index contributed by atoms with van der Waals surface area (Å²) in [4.78, 5) is 19.9. The molecule has 9 heteroatoms. The summed E-state index contributed by atoms with van der Waals surface area (Å²) in [6, 6.07) is 3.36. The van der Waals surface area contributed by atoms with Gasteiger partial charge in [-0.1, -0.05) is 0 Å². The molecule has 0 saturated carbocycles. The molecular formula is C9H12N5O4+. The Morgan fingerprint density at radius 2 is 1.83 bits per heavy atom. The minimum atomic E-state index is -0.688. The quantitative estimate of drug-likeness (QED) is 0.263. The summed E-state index contributed by atoms with van der Waals surface area (Å²) in [5.74, 6) is 0. The molecule has 0 unspecified atom stereocenters. The Balaban J connectivity index is 3.01. The largest absolute Gasteiger partial charge is 0.302 e. The molecule has 1 aromatic carbocycles. The van der Waals surface area contributed by atoms with Crippen LogP contribution in [0.1, 0.15) is 0 Å². The lowest BCUT2D eigenvalue weighted by atomic mass is 10.2. The number of nitrogens with zero attached hydrogens (tertiary/aromatic N) is 3. The van der Waals surface area contributed by atoms with Crippen LogP contribution in [0.2, 0.25) is 0 Å². The fourth-order valence-corrected chi connectivity index (χ4v) is 1.13. The van der Waals surface area contributed by atoms with Gasteiger partial charge in [0.15, 0.2) is 5.69 Å². The van der Waals surface area contributed by atoms with E-state index in [1.807, 2.05) is 0 Å². The monoisotopic (exact) mass is 254 g/mol. The first-order valence-corrected chi connectivity index (χ1v) is 4.86. The number of hydrogen-bond donors (Lipinski definition) is 2. The Morgan fingerprint density at radius 1 is 1.17 bits per heavy atom. The highest BCUT2D eigenvalue weighted by Crippen LogP contribution is 2.28. The van der Waals surface area contributed by atoms with Crippen molar-refractivity contribution in [2.75, 3.05) is 19.5 Å². The van der Waals surface area contributed by atoms with Crippen LogP contribution in [-0.4, -0.2) is 34.9 Å². The minimum Gasteiger partial charge on any atom is -0.272 e. The van der Waals surface area contributed by atoms with Crippen LogP contribution in [0.3, 0.4) is 0 Å². The average Bonchev–Trinajstić information content (AvgIpc) is 2.28. The Bertz CT molecular complexity index is 510. The number of benzene rings is 1. The number of nitro groups is 2. The fraction of sp³-hybridized carbons (Fsp3) is 0.222. The van der Waals surface area contributed by atoms with Crippen molar-refractivity contribution in [2.24, 2.45) is 0 Å². The van der Waals surface area contributed by atoms with E-state index in [0.29, 0.717) is 0 Å². The summed E-state index contributed by atoms with van der Waals surface area (Å²) in [6.07, 6.45) is 1.53. The van der Waals surface area contributed by atoms with E-state index in [2.05, 4.69) is 10.9 Å². The van der Waals surface area contributed by atoms with Gasteiger partial charge >= 0.3 is 5.69 Å². The molecule has 0 saturated heterocycles. The Kier molecular flexibility index (Phi) is 4.13. The SMILES string of the molecule is C[N+](C)=CNNc1ccc([N+](=O)[O-])cc1[N+](=O)[O-]. The van der Waals surface area contributed by atoms with Crippen LogP contribution in [0.4, 0.5) is 17.1 Å². The van der Waals surface area contributed by atoms with Gasteiger partial charge in [0.2, 0.25) is 0 Å². The highest BCUT2D eigenvalue weighted by Gasteiger charge is 2.19. The molecule has 96 valence electrons. The molecule has 0 aliphatic rings. The molecule has 0 aliphatic heterocycles. The van der Waals surface area contributed by atoms with Gasteiger partial charge in [-0.05, 0) is 6.07 Å². The lowest BCUT2D eigenvalue weighted by molar-refractivity contribution is -0.461. The van der Waals surface area contributed by atoms with E-state index in [1.54, 1.807) is 18.7 Å². The summed E-state index contributed by atoms with van der Waals surface area (Å²) >= 11 is 0. The Labute approximate surface area is 102 Å². The third-order valence-corrected chi connectivity index (χ3v) is 1.92. The first-order valence-electron chi connectivity index (χ1n) is 4.86. The molecule has 0 amide bonds. The lowest BCUT2D eigenvalue weighted by Crippen LogP contribution is -2.24. The Hall–Kier alpha value is -2.71. The fourth-order valence-electron chi connectivity index (χ4n) is 1.13. The molecule has 0 heterocycles. The third-order valence-electron chi connectivity index (χ3n) is 1.92. The molecule has 0 radical (unpaired) electrons. The number of hydrogen-bond acceptors (Lipinski definition) is 5. The van der Waals surface area contributed by atoms with Crippen molar-refractivity contribution in [3.8, 4) is 0 Å². The topological polar surface area (TPSA) is 113 Å². The van der Waals surface area contributed by atoms with Crippen LogP contribution < -0.4 is 10.9 Å². The zero-order chi connectivity index (χ0) is 13.7. The summed E-state index contributed by atoms with van der Waals surface area (Å²) < 4.78 is 1.68. The van der Waals surface area contributed by atoms with Gasteiger partial charge in [-0.15, -0.1) is 0 Å². The van der Waals surface area contributed by atoms with Crippen molar-refractivity contribution in [3.63, 3.8) is 0 Å². The molecule has 0 spiro atoms. The predicted octanol–water partition coefficient (Wildman–Crippen LogP) is 0.720. The predicted molar refractivity (Wildman–Crippen MR) is 64.7 cm³/mol. The molecule has 1 aromatic rings. The second-order valence-corrected chi connectivity index (χ2v) is 3.58. The van der Waals surface area contributed by atoms with E-state index in [0.717, 1.165) is 6.07 Å². The van der Waals surface area contributed by atoms with E-state index >= 15 is 0 Å². The minimum absolute atomic E-state index is 0.142. The molecule has 0 aromatic heterocycles. The summed E-state index contributed by atoms with van der Waals surface area (Å²) in [7, 11) is 3.53. The maximum atomic E-state index is 10.8. The number of rotatable bonds is 5. The molecule has 0 bridgehead atoms. The normalized spacial score (nSPS) is 9.44. The second kappa shape index (κ2) is 5.57. The summed E-state index contributed by atoms with van der Waals surface area (Å²) in [6.45, 7) is 0. The molecule has 1 rings (SSSR count). The Morgan fingerprint density at radius 3 is 2.33 bits per heavy atom. The molecule has 0 fully saturated rings. The number of hydrazine groups is 1. The van der Waals surface area contributed by atoms with Crippen molar-refractivity contribution in [3.05, 3.63) is 38.4 Å². The van der Waals surface area contributed by atoms with Crippen LogP contribution in [0, 0.1) is 20.2 Å². The zero-order valence-electron chi connectivity index (χ0n) is 9.78. The first-order chi connectivity index (χ1) is 8.41. The van der Waals surface area contributed by atoms with Gasteiger partial charge < -0.3 is 0 Å². The van der Waals surface area contributed by atoms with Gasteiger partial charge in [-0.2, -0.15) is 5.43 Å². The van der Waals surface area contributed by atoms with Gasteiger partial charge in [0.25, 0.3) is 12.0 Å². The highest BCUT2D eigenvalue weighted by atomic mass is 16.6. The smallest absolute Gasteiger partial charge is 0.272 e. The third kappa shape index (κ3) is 3.40. The van der Waals surface area contributed by atoms with Gasteiger partial charge in [-0.25, -0.2) is 5.43 Å². The number of non-ortho nitro benzene ring substituents is 1. The molecule has 0 atom stereocenters. The first kappa shape index (κ1) is 13.4. The van der Waals surface area contributed by atoms with Gasteiger partial charge in [0.1, 0.15) is 0 Å². The van der Waals surface area contributed by atoms with Crippen LogP contribution >= 0.6 is 0 Å². The van der Waals surface area contributed by atoms with Crippen molar-refractivity contribution in [1.82, 2.24) is 5.43 Å². The second-order valence-electron chi connectivity index (χ2n) is 3.58. The maximum absolute atomic E-state index is 10.8. The average molecular weight is 254 g/mol. The number of nitrogens with one attached hydrogen (secondary N) is 2. The van der Waals surface area contributed by atoms with E-state index in [1.165, 1.54) is 18.5 Å². The highest BCUT2D eigenvalue weighted by molar-refractivity contribution is 5.66. The van der Waals surface area contributed by atoms with Gasteiger partial charge in [-0.3, -0.25) is 24.8 Å². The van der Waals surface area contributed by atoms with Crippen molar-refractivity contribution in [2.45, 2.75) is 0 Å². The van der Waals surface area contributed by atoms with Crippen LogP contribution in [0.15, 0.2) is 18.2 Å². The van der Waals surface area contributed by atoms with Crippen LogP contribution in [0.5, 0.6) is 0 Å². The molecular weight excluding hydrogens is 242 g/mol. The van der Waals surface area contributed by atoms with Gasteiger partial charge in [0, 0.05) is 6.07 Å². The van der Waals surface area contributed by atoms with E-state index in [4.69, 9.17) is 0 Å². The zero-order valence-corrected chi connectivity index (χ0v) is 9.78. The van der Waals surface area contributed by atoms with E-state index in [-0.39, 0.29) is 17.1 Å². The van der Waals surface area contributed by atoms with Gasteiger partial charge in [0.05, 0.1) is 30.0 Å². The molecule has 0 aliphatic carbocycles. The van der Waals surface area contributed by atoms with Crippen LogP contribution in [-0.2, 0) is 0 Å². The van der Waals surface area contributed by atoms with Crippen molar-refractivity contribution >= 4 is 23.4 Å².